The molecule has 126 valence electrons. The van der Waals surface area contributed by atoms with Crippen LogP contribution in [0, 0.1) is 11.3 Å². The van der Waals surface area contributed by atoms with Gasteiger partial charge < -0.3 is 10.1 Å². The normalized spacial score (nSPS) is 10.8. The molecule has 8 heteroatoms. The number of amides is 1. The number of hydrazine groups is 1. The van der Waals surface area contributed by atoms with E-state index in [9.17, 15) is 4.79 Å². The monoisotopic (exact) mass is 328 g/mol. The number of nitrogens with one attached hydrogen (secondary N) is 2. The number of alkyl carbamates (subject to hydrolysis) is 1. The van der Waals surface area contributed by atoms with Gasteiger partial charge in [0.1, 0.15) is 17.2 Å². The zero-order valence-electron chi connectivity index (χ0n) is 13.8. The van der Waals surface area contributed by atoms with Crippen molar-refractivity contribution >= 4 is 17.6 Å². The third kappa shape index (κ3) is 4.47. The van der Waals surface area contributed by atoms with Crippen molar-refractivity contribution in [1.29, 1.82) is 5.26 Å². The van der Waals surface area contributed by atoms with Crippen LogP contribution in [0.3, 0.4) is 0 Å². The lowest BCUT2D eigenvalue weighted by Crippen LogP contribution is -2.32. The van der Waals surface area contributed by atoms with Gasteiger partial charge in [0, 0.05) is 6.54 Å². The lowest BCUT2D eigenvalue weighted by atomic mass is 10.2. The minimum atomic E-state index is -0.547. The first-order chi connectivity index (χ1) is 11.3. The van der Waals surface area contributed by atoms with Gasteiger partial charge in [-0.2, -0.15) is 10.4 Å². The summed E-state index contributed by atoms with van der Waals surface area (Å²) in [6, 6.07) is 9.27. The molecule has 0 atom stereocenters. The second-order valence-corrected chi connectivity index (χ2v) is 6.14. The van der Waals surface area contributed by atoms with Crippen LogP contribution in [-0.4, -0.2) is 21.9 Å². The first-order valence-corrected chi connectivity index (χ1v) is 7.34. The van der Waals surface area contributed by atoms with Gasteiger partial charge in [-0.25, -0.2) is 10.6 Å². The Balaban J connectivity index is 2.07. The van der Waals surface area contributed by atoms with E-state index in [0.717, 1.165) is 5.56 Å². The number of H-pyrrole nitrogens is 1. The van der Waals surface area contributed by atoms with Crippen LogP contribution < -0.4 is 16.2 Å². The number of nitriles is 1. The molecule has 2 rings (SSSR count). The number of carbonyl (C=O) groups excluding carboxylic acids is 1. The van der Waals surface area contributed by atoms with Crippen LogP contribution in [0.15, 0.2) is 30.5 Å². The molecule has 0 saturated carbocycles. The molecule has 4 N–H and O–H groups in total. The Morgan fingerprint density at radius 1 is 1.50 bits per heavy atom. The second kappa shape index (κ2) is 7.02. The van der Waals surface area contributed by atoms with Crippen LogP contribution >= 0.6 is 0 Å². The van der Waals surface area contributed by atoms with Crippen molar-refractivity contribution in [2.45, 2.75) is 32.9 Å². The summed E-state index contributed by atoms with van der Waals surface area (Å²) in [4.78, 5) is 11.7. The van der Waals surface area contributed by atoms with Crippen molar-refractivity contribution in [1.82, 2.24) is 15.5 Å². The van der Waals surface area contributed by atoms with E-state index in [1.54, 1.807) is 32.9 Å². The highest BCUT2D eigenvalue weighted by Gasteiger charge is 2.16. The molecule has 0 aliphatic carbocycles. The number of carbonyl (C=O) groups is 1. The lowest BCUT2D eigenvalue weighted by Gasteiger charge is -2.20. The van der Waals surface area contributed by atoms with E-state index in [0.29, 0.717) is 23.6 Å². The Morgan fingerprint density at radius 2 is 2.25 bits per heavy atom. The molecule has 2 aromatic rings. The Kier molecular flexibility index (Phi) is 5.06. The second-order valence-electron chi connectivity index (χ2n) is 6.14. The van der Waals surface area contributed by atoms with Crippen molar-refractivity contribution in [3.8, 4) is 6.07 Å². The van der Waals surface area contributed by atoms with E-state index in [2.05, 4.69) is 15.5 Å². The van der Waals surface area contributed by atoms with Crippen LogP contribution in [-0.2, 0) is 11.3 Å². The maximum Gasteiger partial charge on any atom is 0.407 e. The van der Waals surface area contributed by atoms with Gasteiger partial charge in [0.05, 0.1) is 11.9 Å². The number of ether oxygens (including phenoxy) is 1. The molecule has 0 aliphatic heterocycles. The van der Waals surface area contributed by atoms with Crippen LogP contribution in [0.2, 0.25) is 0 Å². The van der Waals surface area contributed by atoms with Crippen molar-refractivity contribution in [2.75, 3.05) is 5.01 Å². The summed E-state index contributed by atoms with van der Waals surface area (Å²) >= 11 is 0. The predicted molar refractivity (Wildman–Crippen MR) is 89.1 cm³/mol. The first-order valence-electron chi connectivity index (χ1n) is 7.34. The molecule has 0 saturated heterocycles. The van der Waals surface area contributed by atoms with Crippen LogP contribution in [0.1, 0.15) is 31.9 Å². The van der Waals surface area contributed by atoms with Gasteiger partial charge >= 0.3 is 6.09 Å². The zero-order chi connectivity index (χ0) is 17.7. The molecule has 1 amide bonds. The van der Waals surface area contributed by atoms with Gasteiger partial charge in [-0.15, -0.1) is 0 Å². The van der Waals surface area contributed by atoms with E-state index in [1.165, 1.54) is 11.2 Å². The SMILES string of the molecule is CC(C)(C)OC(=O)NCc1cccc(N(N)c2[nH]ncc2C#N)c1. The summed E-state index contributed by atoms with van der Waals surface area (Å²) < 4.78 is 5.19. The zero-order valence-corrected chi connectivity index (χ0v) is 13.8. The molecule has 0 unspecified atom stereocenters. The van der Waals surface area contributed by atoms with E-state index < -0.39 is 11.7 Å². The summed E-state index contributed by atoms with van der Waals surface area (Å²) in [5.41, 5.74) is 1.29. The molecule has 0 aliphatic rings. The Labute approximate surface area is 140 Å². The van der Waals surface area contributed by atoms with E-state index in [-0.39, 0.29) is 0 Å². The number of hydrogen-bond acceptors (Lipinski definition) is 6. The standard InChI is InChI=1S/C16H20N6O2/c1-16(2,3)24-15(23)19-9-11-5-4-6-13(7-11)22(18)14-12(8-17)10-20-21-14/h4-7,10H,9,18H2,1-3H3,(H,19,23)(H,20,21). The molecule has 24 heavy (non-hydrogen) atoms. The lowest BCUT2D eigenvalue weighted by molar-refractivity contribution is 0.0523. The largest absolute Gasteiger partial charge is 0.444 e. The van der Waals surface area contributed by atoms with Crippen molar-refractivity contribution in [3.05, 3.63) is 41.6 Å². The molecule has 1 heterocycles. The molecule has 1 aromatic carbocycles. The Hall–Kier alpha value is -3.05. The van der Waals surface area contributed by atoms with Crippen LogP contribution in [0.4, 0.5) is 16.3 Å². The van der Waals surface area contributed by atoms with Gasteiger partial charge in [-0.1, -0.05) is 12.1 Å². The molecular weight excluding hydrogens is 308 g/mol. The minimum Gasteiger partial charge on any atom is -0.444 e. The van der Waals surface area contributed by atoms with Gasteiger partial charge in [-0.3, -0.25) is 10.1 Å². The number of nitrogens with two attached hydrogens (primary N) is 1. The molecule has 1 aromatic heterocycles. The Bertz CT molecular complexity index is 756. The highest BCUT2D eigenvalue weighted by atomic mass is 16.6. The number of aromatic nitrogens is 2. The maximum atomic E-state index is 11.7. The third-order valence-electron chi connectivity index (χ3n) is 3.01. The third-order valence-corrected chi connectivity index (χ3v) is 3.01. The summed E-state index contributed by atoms with van der Waals surface area (Å²) in [7, 11) is 0. The average Bonchev–Trinajstić information content (AvgIpc) is 2.99. The summed E-state index contributed by atoms with van der Waals surface area (Å²) in [5.74, 6) is 6.44. The van der Waals surface area contributed by atoms with E-state index in [1.807, 2.05) is 18.2 Å². The molecule has 8 nitrogen and oxygen atoms in total. The highest BCUT2D eigenvalue weighted by molar-refractivity contribution is 5.68. The van der Waals surface area contributed by atoms with Crippen molar-refractivity contribution in [3.63, 3.8) is 0 Å². The quantitative estimate of drug-likeness (QED) is 0.585. The summed E-state index contributed by atoms with van der Waals surface area (Å²) in [5, 5.41) is 19.6. The van der Waals surface area contributed by atoms with Crippen LogP contribution in [0.5, 0.6) is 0 Å². The van der Waals surface area contributed by atoms with E-state index in [4.69, 9.17) is 15.8 Å². The molecule has 0 bridgehead atoms. The number of anilines is 2. The highest BCUT2D eigenvalue weighted by Crippen LogP contribution is 2.23. The summed E-state index contributed by atoms with van der Waals surface area (Å²) in [6.07, 6.45) is 0.918. The first kappa shape index (κ1) is 17.3. The van der Waals surface area contributed by atoms with E-state index >= 15 is 0 Å². The fraction of sp³-hybridized carbons (Fsp3) is 0.312. The predicted octanol–water partition coefficient (Wildman–Crippen LogP) is 2.32. The minimum absolute atomic E-state index is 0.296. The summed E-state index contributed by atoms with van der Waals surface area (Å²) in [6.45, 7) is 5.70. The fourth-order valence-electron chi connectivity index (χ4n) is 1.98. The number of aromatic amines is 1. The maximum absolute atomic E-state index is 11.7. The van der Waals surface area contributed by atoms with Crippen LogP contribution in [0.25, 0.3) is 0 Å². The molecule has 0 fully saturated rings. The number of hydrogen-bond donors (Lipinski definition) is 3. The molecular formula is C16H20N6O2. The van der Waals surface area contributed by atoms with Gasteiger partial charge in [0.15, 0.2) is 5.82 Å². The number of nitrogens with zero attached hydrogens (tertiary/aromatic N) is 3. The average molecular weight is 328 g/mol. The number of rotatable bonds is 4. The molecule has 0 radical (unpaired) electrons. The van der Waals surface area contributed by atoms with Gasteiger partial charge in [0.25, 0.3) is 0 Å². The fourth-order valence-corrected chi connectivity index (χ4v) is 1.98. The Morgan fingerprint density at radius 3 is 2.92 bits per heavy atom. The van der Waals surface area contributed by atoms with Gasteiger partial charge in [-0.05, 0) is 38.5 Å². The molecule has 0 spiro atoms. The number of benzene rings is 1. The van der Waals surface area contributed by atoms with Crippen molar-refractivity contribution in [2.24, 2.45) is 5.84 Å². The van der Waals surface area contributed by atoms with Crippen molar-refractivity contribution < 1.29 is 9.53 Å². The van der Waals surface area contributed by atoms with Gasteiger partial charge in [0.2, 0.25) is 0 Å². The smallest absolute Gasteiger partial charge is 0.407 e. The topological polar surface area (TPSA) is 120 Å².